The maximum absolute atomic E-state index is 5.43. The summed E-state index contributed by atoms with van der Waals surface area (Å²) in [5.74, 6) is 0. The lowest BCUT2D eigenvalue weighted by Gasteiger charge is -2.29. The van der Waals surface area contributed by atoms with Crippen LogP contribution in [0.1, 0.15) is 0 Å². The summed E-state index contributed by atoms with van der Waals surface area (Å²) in [6, 6.07) is 14.2. The highest BCUT2D eigenvalue weighted by Gasteiger charge is 2.15. The molecule has 0 spiro atoms. The molecule has 4 rings (SSSR count). The molecule has 100 valence electrons. The monoisotopic (exact) mass is 265 g/mol. The Labute approximate surface area is 117 Å². The van der Waals surface area contributed by atoms with Crippen LogP contribution in [0.2, 0.25) is 0 Å². The predicted octanol–water partition coefficient (Wildman–Crippen LogP) is 2.62. The summed E-state index contributed by atoms with van der Waals surface area (Å²) in [6.07, 6.45) is 0. The Morgan fingerprint density at radius 3 is 2.30 bits per heavy atom. The van der Waals surface area contributed by atoms with Crippen LogP contribution in [0.15, 0.2) is 42.5 Å². The first-order valence-electron chi connectivity index (χ1n) is 6.90. The number of benzene rings is 2. The number of hydrogen-bond acceptors (Lipinski definition) is 4. The van der Waals surface area contributed by atoms with Gasteiger partial charge < -0.3 is 9.64 Å². The van der Waals surface area contributed by atoms with E-state index in [1.54, 1.807) is 0 Å². The normalized spacial score (nSPS) is 15.9. The van der Waals surface area contributed by atoms with Crippen molar-refractivity contribution in [2.45, 2.75) is 0 Å². The van der Waals surface area contributed by atoms with Crippen LogP contribution in [0.5, 0.6) is 0 Å². The molecule has 4 nitrogen and oxygen atoms in total. The topological polar surface area (TPSA) is 38.2 Å². The number of aromatic nitrogens is 2. The minimum Gasteiger partial charge on any atom is -0.378 e. The minimum absolute atomic E-state index is 0.775. The largest absolute Gasteiger partial charge is 0.378 e. The molecule has 0 bridgehead atoms. The minimum atomic E-state index is 0.775. The van der Waals surface area contributed by atoms with Crippen molar-refractivity contribution >= 4 is 27.8 Å². The van der Waals surface area contributed by atoms with Crippen LogP contribution in [0.3, 0.4) is 0 Å². The molecule has 2 heterocycles. The summed E-state index contributed by atoms with van der Waals surface area (Å²) < 4.78 is 5.43. The molecule has 1 saturated heterocycles. The third-order valence-corrected chi connectivity index (χ3v) is 3.70. The van der Waals surface area contributed by atoms with E-state index >= 15 is 0 Å². The number of ether oxygens (including phenoxy) is 1. The van der Waals surface area contributed by atoms with Gasteiger partial charge in [0.25, 0.3) is 0 Å². The predicted molar refractivity (Wildman–Crippen MR) is 80.1 cm³/mol. The average molecular weight is 265 g/mol. The van der Waals surface area contributed by atoms with Gasteiger partial charge in [0.1, 0.15) is 5.52 Å². The Kier molecular flexibility index (Phi) is 2.74. The Morgan fingerprint density at radius 1 is 0.800 bits per heavy atom. The van der Waals surface area contributed by atoms with Crippen LogP contribution in [0, 0.1) is 0 Å². The highest BCUT2D eigenvalue weighted by molar-refractivity contribution is 5.93. The van der Waals surface area contributed by atoms with E-state index < -0.39 is 0 Å². The molecule has 0 radical (unpaired) electrons. The highest BCUT2D eigenvalue weighted by atomic mass is 16.5. The van der Waals surface area contributed by atoms with Gasteiger partial charge in [-0.2, -0.15) is 0 Å². The molecule has 1 aliphatic rings. The molecule has 3 aromatic rings. The van der Waals surface area contributed by atoms with Crippen molar-refractivity contribution in [3.05, 3.63) is 42.5 Å². The van der Waals surface area contributed by atoms with E-state index in [0.29, 0.717) is 0 Å². The quantitative estimate of drug-likeness (QED) is 0.634. The van der Waals surface area contributed by atoms with Crippen molar-refractivity contribution < 1.29 is 4.74 Å². The molecule has 1 aromatic heterocycles. The van der Waals surface area contributed by atoms with Gasteiger partial charge in [-0.1, -0.05) is 18.2 Å². The lowest BCUT2D eigenvalue weighted by atomic mass is 10.2. The molecule has 1 aliphatic heterocycles. The van der Waals surface area contributed by atoms with Crippen LogP contribution in [0.4, 0.5) is 5.69 Å². The summed E-state index contributed by atoms with van der Waals surface area (Å²) in [4.78, 5) is 11.8. The van der Waals surface area contributed by atoms with Crippen LogP contribution in [0.25, 0.3) is 22.1 Å². The van der Waals surface area contributed by atoms with E-state index in [2.05, 4.69) is 17.0 Å². The van der Waals surface area contributed by atoms with E-state index in [9.17, 15) is 0 Å². The van der Waals surface area contributed by atoms with Gasteiger partial charge in [-0.25, -0.2) is 9.97 Å². The zero-order valence-electron chi connectivity index (χ0n) is 11.1. The molecule has 0 atom stereocenters. The second-order valence-electron chi connectivity index (χ2n) is 4.96. The van der Waals surface area contributed by atoms with Gasteiger partial charge in [-0.3, -0.25) is 0 Å². The summed E-state index contributed by atoms with van der Waals surface area (Å²) >= 11 is 0. The van der Waals surface area contributed by atoms with Gasteiger partial charge in [-0.05, 0) is 24.3 Å². The maximum Gasteiger partial charge on any atom is 0.113 e. The number of nitrogens with zero attached hydrogens (tertiary/aromatic N) is 3. The standard InChI is InChI=1S/C16H15N3O/c1-2-5-13-12(4-1)17-14-6-3-7-15(16(14)18-13)19-8-10-20-11-9-19/h1-7H,8-11H2. The molecule has 2 aromatic carbocycles. The number of morpholine rings is 1. The molecule has 1 fully saturated rings. The van der Waals surface area contributed by atoms with Crippen molar-refractivity contribution in [3.63, 3.8) is 0 Å². The number of hydrogen-bond donors (Lipinski definition) is 0. The molecular weight excluding hydrogens is 250 g/mol. The maximum atomic E-state index is 5.43. The van der Waals surface area contributed by atoms with Crippen LogP contribution in [-0.4, -0.2) is 36.3 Å². The fraction of sp³-hybridized carbons (Fsp3) is 0.250. The van der Waals surface area contributed by atoms with Gasteiger partial charge in [0.2, 0.25) is 0 Å². The van der Waals surface area contributed by atoms with Gasteiger partial charge in [0.15, 0.2) is 0 Å². The lowest BCUT2D eigenvalue weighted by molar-refractivity contribution is 0.123. The van der Waals surface area contributed by atoms with Crippen molar-refractivity contribution in [3.8, 4) is 0 Å². The number of rotatable bonds is 1. The van der Waals surface area contributed by atoms with Gasteiger partial charge >= 0.3 is 0 Å². The number of anilines is 1. The summed E-state index contributed by atoms with van der Waals surface area (Å²) in [5, 5.41) is 0. The average Bonchev–Trinajstić information content (AvgIpc) is 2.53. The Bertz CT molecular complexity index is 766. The second-order valence-corrected chi connectivity index (χ2v) is 4.96. The molecular formula is C16H15N3O. The van der Waals surface area contributed by atoms with E-state index in [4.69, 9.17) is 14.7 Å². The molecule has 4 heteroatoms. The number of fused-ring (bicyclic) bond motifs is 2. The highest BCUT2D eigenvalue weighted by Crippen LogP contribution is 2.26. The summed E-state index contributed by atoms with van der Waals surface area (Å²) in [7, 11) is 0. The van der Waals surface area contributed by atoms with E-state index in [-0.39, 0.29) is 0 Å². The van der Waals surface area contributed by atoms with Crippen molar-refractivity contribution in [1.29, 1.82) is 0 Å². The van der Waals surface area contributed by atoms with Crippen LogP contribution in [-0.2, 0) is 4.74 Å². The third kappa shape index (κ3) is 1.89. The van der Waals surface area contributed by atoms with Gasteiger partial charge in [0, 0.05) is 13.1 Å². The Hall–Kier alpha value is -2.20. The molecule has 0 aliphatic carbocycles. The van der Waals surface area contributed by atoms with E-state index in [1.165, 1.54) is 0 Å². The zero-order chi connectivity index (χ0) is 13.4. The fourth-order valence-corrected chi connectivity index (χ4v) is 2.69. The molecule has 0 N–H and O–H groups in total. The van der Waals surface area contributed by atoms with Crippen LogP contribution < -0.4 is 4.90 Å². The van der Waals surface area contributed by atoms with Crippen molar-refractivity contribution in [2.24, 2.45) is 0 Å². The SMILES string of the molecule is c1ccc2nc3c(N4CCOCC4)cccc3nc2c1. The second kappa shape index (κ2) is 4.72. The van der Waals surface area contributed by atoms with Crippen molar-refractivity contribution in [1.82, 2.24) is 9.97 Å². The molecule has 0 unspecified atom stereocenters. The Morgan fingerprint density at radius 2 is 1.50 bits per heavy atom. The summed E-state index contributed by atoms with van der Waals surface area (Å²) in [5.41, 5.74) is 4.98. The van der Waals surface area contributed by atoms with E-state index in [0.717, 1.165) is 54.1 Å². The van der Waals surface area contributed by atoms with Crippen molar-refractivity contribution in [2.75, 3.05) is 31.2 Å². The third-order valence-electron chi connectivity index (χ3n) is 3.70. The first-order valence-corrected chi connectivity index (χ1v) is 6.90. The van der Waals surface area contributed by atoms with E-state index in [1.807, 2.05) is 30.3 Å². The first kappa shape index (κ1) is 11.6. The smallest absolute Gasteiger partial charge is 0.113 e. The zero-order valence-corrected chi connectivity index (χ0v) is 11.1. The Balaban J connectivity index is 1.94. The molecule has 0 saturated carbocycles. The first-order chi connectivity index (χ1) is 9.92. The molecule has 20 heavy (non-hydrogen) atoms. The van der Waals surface area contributed by atoms with Crippen LogP contribution >= 0.6 is 0 Å². The van der Waals surface area contributed by atoms with Gasteiger partial charge in [-0.15, -0.1) is 0 Å². The van der Waals surface area contributed by atoms with Gasteiger partial charge in [0.05, 0.1) is 35.5 Å². The number of para-hydroxylation sites is 3. The summed E-state index contributed by atoms with van der Waals surface area (Å²) in [6.45, 7) is 3.37. The lowest BCUT2D eigenvalue weighted by Crippen LogP contribution is -2.36. The molecule has 0 amide bonds. The fourth-order valence-electron chi connectivity index (χ4n) is 2.69.